The van der Waals surface area contributed by atoms with Gasteiger partial charge in [0.2, 0.25) is 0 Å². The maximum atomic E-state index is 12.3. The minimum atomic E-state index is -0.675. The van der Waals surface area contributed by atoms with E-state index in [1.807, 2.05) is 12.1 Å². The Hall–Kier alpha value is -3.96. The van der Waals surface area contributed by atoms with Gasteiger partial charge in [0.15, 0.2) is 0 Å². The van der Waals surface area contributed by atoms with E-state index in [0.29, 0.717) is 24.2 Å². The molecule has 0 aliphatic heterocycles. The topological polar surface area (TPSA) is 72.8 Å². The fourth-order valence-corrected chi connectivity index (χ4v) is 4.45. The summed E-state index contributed by atoms with van der Waals surface area (Å²) >= 11 is 0. The van der Waals surface area contributed by atoms with E-state index in [4.69, 9.17) is 9.47 Å². The van der Waals surface area contributed by atoms with E-state index in [2.05, 4.69) is 68.6 Å². The Kier molecular flexibility index (Phi) is 12.6. The molecule has 0 saturated heterocycles. The van der Waals surface area contributed by atoms with Crippen LogP contribution in [0.4, 0.5) is 0 Å². The number of rotatable bonds is 16. The van der Waals surface area contributed by atoms with Crippen LogP contribution in [0.15, 0.2) is 91.0 Å². The van der Waals surface area contributed by atoms with Crippen LogP contribution in [0.5, 0.6) is 5.75 Å². The number of aliphatic hydroxyl groups is 1. The average molecular weight is 555 g/mol. The highest BCUT2D eigenvalue weighted by atomic mass is 16.5. The van der Waals surface area contributed by atoms with Gasteiger partial charge in [0, 0.05) is 5.57 Å². The van der Waals surface area contributed by atoms with Gasteiger partial charge in [0.05, 0.1) is 18.8 Å². The number of unbranched alkanes of at least 4 members (excludes halogenated alkanes) is 2. The maximum absolute atomic E-state index is 12.3. The first-order valence-electron chi connectivity index (χ1n) is 14.4. The summed E-state index contributed by atoms with van der Waals surface area (Å²) in [5.74, 6) is -0.706. The molecule has 0 aliphatic carbocycles. The van der Waals surface area contributed by atoms with Crippen LogP contribution in [-0.4, -0.2) is 30.3 Å². The van der Waals surface area contributed by atoms with Crippen molar-refractivity contribution in [3.63, 3.8) is 0 Å². The molecule has 0 amide bonds. The Bertz CT molecular complexity index is 1320. The summed E-state index contributed by atoms with van der Waals surface area (Å²) in [7, 11) is 0. The number of esters is 2. The van der Waals surface area contributed by atoms with Gasteiger partial charge in [-0.1, -0.05) is 87.5 Å². The largest absolute Gasteiger partial charge is 0.462 e. The fraction of sp³-hybridized carbons (Fsp3) is 0.333. The standard InChI is InChI=1S/C36H42O5/c1-5-6-7-9-28-11-13-29(14-12-28)15-16-30-17-19-31(20-18-30)32-21-22-34(41-36(39)27(4)25-37)33(24-32)10-8-23-40-35(38)26(2)3/h11-14,17-22,24,37H,2,4-10,15-16,23,25H2,1,3H3. The van der Waals surface area contributed by atoms with Crippen LogP contribution < -0.4 is 4.74 Å². The maximum Gasteiger partial charge on any atom is 0.341 e. The molecule has 0 heterocycles. The van der Waals surface area contributed by atoms with E-state index in [1.165, 1.54) is 36.0 Å². The van der Waals surface area contributed by atoms with Crippen LogP contribution in [0.1, 0.15) is 61.8 Å². The van der Waals surface area contributed by atoms with Gasteiger partial charge < -0.3 is 14.6 Å². The number of hydrogen-bond acceptors (Lipinski definition) is 5. The molecule has 0 unspecified atom stereocenters. The van der Waals surface area contributed by atoms with Crippen LogP contribution >= 0.6 is 0 Å². The van der Waals surface area contributed by atoms with Gasteiger partial charge in [-0.25, -0.2) is 9.59 Å². The molecular weight excluding hydrogens is 512 g/mol. The number of aryl methyl sites for hydroxylation is 4. The molecule has 0 spiro atoms. The highest BCUT2D eigenvalue weighted by Crippen LogP contribution is 2.29. The molecule has 41 heavy (non-hydrogen) atoms. The molecule has 0 atom stereocenters. The number of ether oxygens (including phenoxy) is 2. The molecule has 0 aromatic heterocycles. The zero-order chi connectivity index (χ0) is 29.6. The van der Waals surface area contributed by atoms with Crippen molar-refractivity contribution in [3.05, 3.63) is 113 Å². The van der Waals surface area contributed by atoms with Gasteiger partial charge in [-0.05, 0) is 91.0 Å². The second kappa shape index (κ2) is 16.3. The molecule has 3 rings (SSSR count). The summed E-state index contributed by atoms with van der Waals surface area (Å²) in [5.41, 5.74) is 7.21. The number of carbonyl (C=O) groups excluding carboxylic acids is 2. The van der Waals surface area contributed by atoms with Crippen molar-refractivity contribution in [2.24, 2.45) is 0 Å². The Labute approximate surface area is 244 Å². The number of aliphatic hydroxyl groups excluding tert-OH is 1. The van der Waals surface area contributed by atoms with Gasteiger partial charge in [-0.3, -0.25) is 0 Å². The molecule has 0 fully saturated rings. The second-order valence-electron chi connectivity index (χ2n) is 10.5. The third kappa shape index (κ3) is 10.2. The van der Waals surface area contributed by atoms with Crippen molar-refractivity contribution < 1.29 is 24.2 Å². The predicted octanol–water partition coefficient (Wildman–Crippen LogP) is 7.38. The molecule has 0 saturated carbocycles. The molecular formula is C36H42O5. The van der Waals surface area contributed by atoms with Gasteiger partial charge in [-0.2, -0.15) is 0 Å². The number of benzene rings is 3. The third-order valence-electron chi connectivity index (χ3n) is 7.00. The zero-order valence-corrected chi connectivity index (χ0v) is 24.4. The summed E-state index contributed by atoms with van der Waals surface area (Å²) in [5, 5.41) is 9.23. The van der Waals surface area contributed by atoms with E-state index in [1.54, 1.807) is 13.0 Å². The van der Waals surface area contributed by atoms with Crippen LogP contribution in [0, 0.1) is 0 Å². The molecule has 5 nitrogen and oxygen atoms in total. The highest BCUT2D eigenvalue weighted by Gasteiger charge is 2.14. The molecule has 0 aliphatic rings. The van der Waals surface area contributed by atoms with Crippen LogP contribution in [0.3, 0.4) is 0 Å². The van der Waals surface area contributed by atoms with E-state index in [9.17, 15) is 14.7 Å². The predicted molar refractivity (Wildman–Crippen MR) is 165 cm³/mol. The smallest absolute Gasteiger partial charge is 0.341 e. The Balaban J connectivity index is 1.66. The summed E-state index contributed by atoms with van der Waals surface area (Å²) < 4.78 is 10.7. The molecule has 5 heteroatoms. The van der Waals surface area contributed by atoms with E-state index < -0.39 is 18.5 Å². The second-order valence-corrected chi connectivity index (χ2v) is 10.5. The van der Waals surface area contributed by atoms with E-state index in [0.717, 1.165) is 36.0 Å². The quantitative estimate of drug-likeness (QED) is 0.0866. The zero-order valence-electron chi connectivity index (χ0n) is 24.4. The first-order valence-corrected chi connectivity index (χ1v) is 14.4. The van der Waals surface area contributed by atoms with E-state index in [-0.39, 0.29) is 12.2 Å². The average Bonchev–Trinajstić information content (AvgIpc) is 2.99. The third-order valence-corrected chi connectivity index (χ3v) is 7.00. The minimum absolute atomic E-state index is 0.0195. The molecule has 0 bridgehead atoms. The lowest BCUT2D eigenvalue weighted by atomic mass is 9.97. The van der Waals surface area contributed by atoms with Crippen molar-refractivity contribution in [2.75, 3.05) is 13.2 Å². The Morgan fingerprint density at radius 3 is 1.90 bits per heavy atom. The van der Waals surface area contributed by atoms with Crippen molar-refractivity contribution >= 4 is 11.9 Å². The highest BCUT2D eigenvalue weighted by molar-refractivity contribution is 5.90. The summed E-state index contributed by atoms with van der Waals surface area (Å²) in [4.78, 5) is 24.0. The summed E-state index contributed by atoms with van der Waals surface area (Å²) in [6.07, 6.45) is 7.97. The summed E-state index contributed by atoms with van der Waals surface area (Å²) in [6, 6.07) is 23.2. The van der Waals surface area contributed by atoms with Crippen molar-refractivity contribution in [1.29, 1.82) is 0 Å². The Morgan fingerprint density at radius 2 is 1.32 bits per heavy atom. The lowest BCUT2D eigenvalue weighted by Crippen LogP contribution is -2.14. The first-order chi connectivity index (χ1) is 19.8. The normalized spacial score (nSPS) is 10.7. The van der Waals surface area contributed by atoms with Crippen molar-refractivity contribution in [3.8, 4) is 16.9 Å². The Morgan fingerprint density at radius 1 is 0.732 bits per heavy atom. The monoisotopic (exact) mass is 554 g/mol. The van der Waals surface area contributed by atoms with E-state index >= 15 is 0 Å². The SMILES string of the molecule is C=C(C)C(=O)OCCCc1cc(-c2ccc(CCc3ccc(CCCCC)cc3)cc2)ccc1OC(=O)C(=C)CO. The lowest BCUT2D eigenvalue weighted by Gasteiger charge is -2.13. The minimum Gasteiger partial charge on any atom is -0.462 e. The molecule has 3 aromatic carbocycles. The lowest BCUT2D eigenvalue weighted by molar-refractivity contribution is -0.139. The molecule has 3 aromatic rings. The number of carbonyl (C=O) groups is 2. The van der Waals surface area contributed by atoms with Gasteiger partial charge >= 0.3 is 11.9 Å². The van der Waals surface area contributed by atoms with Crippen LogP contribution in [0.2, 0.25) is 0 Å². The van der Waals surface area contributed by atoms with Crippen molar-refractivity contribution in [2.45, 2.75) is 65.2 Å². The first kappa shape index (κ1) is 31.6. The van der Waals surface area contributed by atoms with Crippen molar-refractivity contribution in [1.82, 2.24) is 0 Å². The molecule has 0 radical (unpaired) electrons. The molecule has 216 valence electrons. The van der Waals surface area contributed by atoms with Crippen LogP contribution in [0.25, 0.3) is 11.1 Å². The number of hydrogen-bond donors (Lipinski definition) is 1. The van der Waals surface area contributed by atoms with Gasteiger partial charge in [-0.15, -0.1) is 0 Å². The fourth-order valence-electron chi connectivity index (χ4n) is 4.45. The molecule has 1 N–H and O–H groups in total. The van der Waals surface area contributed by atoms with Crippen LogP contribution in [-0.2, 0) is 40.0 Å². The van der Waals surface area contributed by atoms with Gasteiger partial charge in [0.25, 0.3) is 0 Å². The summed E-state index contributed by atoms with van der Waals surface area (Å²) in [6.45, 7) is 10.7. The van der Waals surface area contributed by atoms with Gasteiger partial charge in [0.1, 0.15) is 5.75 Å².